The van der Waals surface area contributed by atoms with Crippen LogP contribution in [0.2, 0.25) is 0 Å². The molecule has 14 heavy (non-hydrogen) atoms. The van der Waals surface area contributed by atoms with Crippen molar-refractivity contribution in [1.29, 1.82) is 0 Å². The topological polar surface area (TPSA) is 35.0 Å². The Bertz CT molecular complexity index is 432. The lowest BCUT2D eigenvalue weighted by molar-refractivity contribution is 1.15. The fourth-order valence-electron chi connectivity index (χ4n) is 1.64. The van der Waals surface area contributed by atoms with Crippen molar-refractivity contribution in [3.8, 4) is 0 Å². The lowest BCUT2D eigenvalue weighted by atomic mass is 10.0. The zero-order valence-electron chi connectivity index (χ0n) is 8.88. The van der Waals surface area contributed by atoms with Gasteiger partial charge in [0.1, 0.15) is 0 Å². The van der Waals surface area contributed by atoms with E-state index in [-0.39, 0.29) is 6.15 Å². The molecule has 2 rings (SSSR count). The van der Waals surface area contributed by atoms with E-state index in [0.717, 1.165) is 6.42 Å². The Kier molecular flexibility index (Phi) is 3.26. The first-order valence-corrected chi connectivity index (χ1v) is 4.79. The Labute approximate surface area is 85.3 Å². The maximum atomic E-state index is 2.28. The number of benzene rings is 2. The zero-order valence-corrected chi connectivity index (χ0v) is 8.88. The van der Waals surface area contributed by atoms with Gasteiger partial charge in [0.05, 0.1) is 0 Å². The van der Waals surface area contributed by atoms with E-state index in [0.29, 0.717) is 0 Å². The van der Waals surface area contributed by atoms with Gasteiger partial charge in [0.25, 0.3) is 0 Å². The summed E-state index contributed by atoms with van der Waals surface area (Å²) in [5, 5.41) is 2.70. The lowest BCUT2D eigenvalue weighted by Gasteiger charge is -2.01. The Morgan fingerprint density at radius 3 is 2.36 bits per heavy atom. The Morgan fingerprint density at radius 1 is 0.929 bits per heavy atom. The number of fused-ring (bicyclic) bond motifs is 1. The van der Waals surface area contributed by atoms with Crippen molar-refractivity contribution in [1.82, 2.24) is 6.15 Å². The minimum absolute atomic E-state index is 0. The Morgan fingerprint density at radius 2 is 1.64 bits per heavy atom. The molecule has 3 N–H and O–H groups in total. The second-order valence-electron chi connectivity index (χ2n) is 3.54. The minimum atomic E-state index is 0. The summed E-state index contributed by atoms with van der Waals surface area (Å²) < 4.78 is 0. The molecule has 0 bridgehead atoms. The summed E-state index contributed by atoms with van der Waals surface area (Å²) in [6.07, 6.45) is 1.11. The van der Waals surface area contributed by atoms with Gasteiger partial charge in [-0.05, 0) is 29.7 Å². The molecule has 1 heteroatoms. The molecule has 0 saturated heterocycles. The van der Waals surface area contributed by atoms with Crippen molar-refractivity contribution in [2.45, 2.75) is 20.3 Å². The summed E-state index contributed by atoms with van der Waals surface area (Å²) in [6.45, 7) is 4.33. The minimum Gasteiger partial charge on any atom is -0.344 e. The normalized spacial score (nSPS) is 9.86. The molecule has 0 atom stereocenters. The third-order valence-corrected chi connectivity index (χ3v) is 2.47. The van der Waals surface area contributed by atoms with Crippen LogP contribution in [0.25, 0.3) is 10.8 Å². The van der Waals surface area contributed by atoms with E-state index >= 15 is 0 Å². The van der Waals surface area contributed by atoms with Gasteiger partial charge >= 0.3 is 0 Å². The van der Waals surface area contributed by atoms with Gasteiger partial charge in [0.15, 0.2) is 0 Å². The zero-order chi connectivity index (χ0) is 9.26. The lowest BCUT2D eigenvalue weighted by Crippen LogP contribution is -1.81. The van der Waals surface area contributed by atoms with Gasteiger partial charge in [0.2, 0.25) is 0 Å². The predicted molar refractivity (Wildman–Crippen MR) is 63.1 cm³/mol. The Hall–Kier alpha value is -1.34. The van der Waals surface area contributed by atoms with Crippen molar-refractivity contribution in [3.05, 3.63) is 47.5 Å². The van der Waals surface area contributed by atoms with E-state index < -0.39 is 0 Å². The third kappa shape index (κ3) is 1.94. The highest BCUT2D eigenvalue weighted by molar-refractivity contribution is 5.83. The highest BCUT2D eigenvalue weighted by Gasteiger charge is 1.94. The van der Waals surface area contributed by atoms with Gasteiger partial charge in [-0.25, -0.2) is 0 Å². The fourth-order valence-corrected chi connectivity index (χ4v) is 1.64. The molecule has 0 unspecified atom stereocenters. The maximum Gasteiger partial charge on any atom is -0.0179 e. The molecule has 0 amide bonds. The van der Waals surface area contributed by atoms with E-state index in [9.17, 15) is 0 Å². The van der Waals surface area contributed by atoms with Crippen LogP contribution < -0.4 is 6.15 Å². The van der Waals surface area contributed by atoms with Gasteiger partial charge in [-0.2, -0.15) is 0 Å². The molecule has 0 aromatic heterocycles. The molecule has 0 spiro atoms. The largest absolute Gasteiger partial charge is 0.344 e. The first-order chi connectivity index (χ1) is 6.29. The molecular weight excluding hydrogens is 170 g/mol. The molecular formula is C13H17N. The van der Waals surface area contributed by atoms with Crippen LogP contribution in [0.15, 0.2) is 36.4 Å². The average Bonchev–Trinajstić information content (AvgIpc) is 2.16. The molecule has 0 aliphatic rings. The summed E-state index contributed by atoms with van der Waals surface area (Å²) in [5.74, 6) is 0. The van der Waals surface area contributed by atoms with Crippen LogP contribution in [-0.2, 0) is 6.42 Å². The average molecular weight is 187 g/mol. The van der Waals surface area contributed by atoms with Crippen molar-refractivity contribution < 1.29 is 0 Å². The van der Waals surface area contributed by atoms with Crippen molar-refractivity contribution in [2.75, 3.05) is 0 Å². The number of hydrogen-bond acceptors (Lipinski definition) is 1. The van der Waals surface area contributed by atoms with Crippen molar-refractivity contribution >= 4 is 10.8 Å². The number of aryl methyl sites for hydroxylation is 2. The highest BCUT2D eigenvalue weighted by atomic mass is 14.0. The first-order valence-electron chi connectivity index (χ1n) is 4.79. The highest BCUT2D eigenvalue weighted by Crippen LogP contribution is 2.17. The SMILES string of the molecule is CCc1ccc2ccc(C)cc2c1.N. The smallest absolute Gasteiger partial charge is 0.0179 e. The van der Waals surface area contributed by atoms with Gasteiger partial charge in [-0.1, -0.05) is 48.9 Å². The van der Waals surface area contributed by atoms with Gasteiger partial charge in [-0.3, -0.25) is 0 Å². The molecule has 0 aliphatic heterocycles. The summed E-state index contributed by atoms with van der Waals surface area (Å²) in [7, 11) is 0. The van der Waals surface area contributed by atoms with Gasteiger partial charge in [0, 0.05) is 0 Å². The van der Waals surface area contributed by atoms with Crippen molar-refractivity contribution in [3.63, 3.8) is 0 Å². The summed E-state index contributed by atoms with van der Waals surface area (Å²) in [5.41, 5.74) is 2.75. The second kappa shape index (κ2) is 4.25. The van der Waals surface area contributed by atoms with Crippen LogP contribution >= 0.6 is 0 Å². The molecule has 74 valence electrons. The van der Waals surface area contributed by atoms with Gasteiger partial charge < -0.3 is 6.15 Å². The molecule has 0 fully saturated rings. The van der Waals surface area contributed by atoms with Crippen molar-refractivity contribution in [2.24, 2.45) is 0 Å². The summed E-state index contributed by atoms with van der Waals surface area (Å²) in [6, 6.07) is 13.3. The predicted octanol–water partition coefficient (Wildman–Crippen LogP) is 3.87. The second-order valence-corrected chi connectivity index (χ2v) is 3.54. The van der Waals surface area contributed by atoms with E-state index in [1.54, 1.807) is 0 Å². The van der Waals surface area contributed by atoms with Crippen LogP contribution in [0, 0.1) is 6.92 Å². The molecule has 2 aromatic carbocycles. The van der Waals surface area contributed by atoms with Crippen LogP contribution in [0.4, 0.5) is 0 Å². The quantitative estimate of drug-likeness (QED) is 0.722. The summed E-state index contributed by atoms with van der Waals surface area (Å²) >= 11 is 0. The van der Waals surface area contributed by atoms with Crippen LogP contribution in [0.3, 0.4) is 0 Å². The van der Waals surface area contributed by atoms with E-state index in [1.807, 2.05) is 0 Å². The molecule has 0 heterocycles. The molecule has 2 aromatic rings. The van der Waals surface area contributed by atoms with E-state index in [2.05, 4.69) is 50.2 Å². The van der Waals surface area contributed by atoms with Crippen LogP contribution in [0.5, 0.6) is 0 Å². The molecule has 0 saturated carbocycles. The first kappa shape index (κ1) is 10.7. The molecule has 1 nitrogen and oxygen atoms in total. The molecule has 0 aliphatic carbocycles. The third-order valence-electron chi connectivity index (χ3n) is 2.47. The monoisotopic (exact) mass is 187 g/mol. The van der Waals surface area contributed by atoms with Gasteiger partial charge in [-0.15, -0.1) is 0 Å². The van der Waals surface area contributed by atoms with E-state index in [4.69, 9.17) is 0 Å². The number of rotatable bonds is 1. The maximum absolute atomic E-state index is 2.28. The summed E-state index contributed by atoms with van der Waals surface area (Å²) in [4.78, 5) is 0. The molecule has 0 radical (unpaired) electrons. The number of hydrogen-bond donors (Lipinski definition) is 1. The standard InChI is InChI=1S/C13H14.H3N/c1-3-11-5-7-12-6-4-10(2)8-13(12)9-11;/h4-9H,3H2,1-2H3;1H3. The Balaban J connectivity index is 0.000000980. The van der Waals surface area contributed by atoms with E-state index in [1.165, 1.54) is 21.9 Å². The van der Waals surface area contributed by atoms with Crippen LogP contribution in [-0.4, -0.2) is 0 Å². The fraction of sp³-hybridized carbons (Fsp3) is 0.231. The van der Waals surface area contributed by atoms with Crippen LogP contribution in [0.1, 0.15) is 18.1 Å².